The number of guanidine groups is 1. The zero-order chi connectivity index (χ0) is 20.8. The van der Waals surface area contributed by atoms with Crippen LogP contribution < -0.4 is 4.90 Å². The number of carbonyl (C=O) groups excluding carboxylic acids is 2. The van der Waals surface area contributed by atoms with Crippen molar-refractivity contribution >= 4 is 41.0 Å². The minimum atomic E-state index is -0.559. The molecular formula is C20H24ClN6O3+. The third-order valence-electron chi connectivity index (χ3n) is 6.06. The van der Waals surface area contributed by atoms with Gasteiger partial charge < -0.3 is 4.74 Å². The van der Waals surface area contributed by atoms with E-state index in [0.717, 1.165) is 18.8 Å². The number of hydrogen-bond acceptors (Lipinski definition) is 6. The van der Waals surface area contributed by atoms with E-state index >= 15 is 0 Å². The van der Waals surface area contributed by atoms with Gasteiger partial charge in [-0.05, 0) is 18.2 Å². The largest absolute Gasteiger partial charge is 0.397 e. The van der Waals surface area contributed by atoms with Gasteiger partial charge in [-0.2, -0.15) is 0 Å². The summed E-state index contributed by atoms with van der Waals surface area (Å²) in [6.07, 6.45) is 0. The Hall–Kier alpha value is -2.49. The van der Waals surface area contributed by atoms with Crippen molar-refractivity contribution in [2.75, 3.05) is 64.4 Å². The molecule has 3 amide bonds. The second kappa shape index (κ2) is 7.64. The SMILES string of the molecule is CN1C(=O)N(CCN2CCOCC2)C(=O)C2C1=NC1=[N+]2CCN1c1cccc(Cl)c1. The number of fused-ring (bicyclic) bond motifs is 2. The van der Waals surface area contributed by atoms with Gasteiger partial charge >= 0.3 is 12.0 Å². The van der Waals surface area contributed by atoms with E-state index in [2.05, 4.69) is 4.90 Å². The van der Waals surface area contributed by atoms with Crippen LogP contribution in [0.25, 0.3) is 0 Å². The van der Waals surface area contributed by atoms with Gasteiger partial charge in [0.05, 0.1) is 19.8 Å². The molecule has 1 atom stereocenters. The number of benzene rings is 1. The summed E-state index contributed by atoms with van der Waals surface area (Å²) in [6.45, 7) is 5.40. The summed E-state index contributed by atoms with van der Waals surface area (Å²) in [5.74, 6) is 0.989. The van der Waals surface area contributed by atoms with Crippen molar-refractivity contribution in [1.29, 1.82) is 0 Å². The molecule has 1 aromatic carbocycles. The molecule has 4 aliphatic rings. The first-order valence-electron chi connectivity index (χ1n) is 10.2. The molecule has 1 aromatic rings. The van der Waals surface area contributed by atoms with Crippen LogP contribution in [0.4, 0.5) is 10.5 Å². The van der Waals surface area contributed by atoms with Crippen molar-refractivity contribution in [3.63, 3.8) is 0 Å². The Labute approximate surface area is 179 Å². The zero-order valence-corrected chi connectivity index (χ0v) is 17.6. The molecule has 0 radical (unpaired) electrons. The number of aliphatic imine (C=N–C) groups is 1. The molecule has 2 fully saturated rings. The highest BCUT2D eigenvalue weighted by atomic mass is 35.5. The number of halogens is 1. The maximum absolute atomic E-state index is 13.3. The van der Waals surface area contributed by atoms with E-state index in [1.807, 2.05) is 33.7 Å². The molecule has 0 spiro atoms. The average Bonchev–Trinajstić information content (AvgIpc) is 3.32. The Morgan fingerprint density at radius 1 is 1.20 bits per heavy atom. The molecule has 0 N–H and O–H groups in total. The lowest BCUT2D eigenvalue weighted by atomic mass is 10.1. The first kappa shape index (κ1) is 19.5. The lowest BCUT2D eigenvalue weighted by Crippen LogP contribution is -2.63. The minimum Gasteiger partial charge on any atom is -0.379 e. The minimum absolute atomic E-state index is 0.201. The first-order valence-corrected chi connectivity index (χ1v) is 10.6. The molecule has 0 aliphatic carbocycles. The number of amidine groups is 1. The van der Waals surface area contributed by atoms with Crippen LogP contribution in [0.3, 0.4) is 0 Å². The van der Waals surface area contributed by atoms with Gasteiger partial charge in [0.2, 0.25) is 11.9 Å². The molecule has 158 valence electrons. The van der Waals surface area contributed by atoms with E-state index in [-0.39, 0.29) is 11.9 Å². The van der Waals surface area contributed by atoms with Crippen LogP contribution in [-0.4, -0.2) is 109 Å². The van der Waals surface area contributed by atoms with E-state index < -0.39 is 6.04 Å². The molecule has 0 aromatic heterocycles. The Morgan fingerprint density at radius 2 is 2.00 bits per heavy atom. The summed E-state index contributed by atoms with van der Waals surface area (Å²) in [4.78, 5) is 38.1. The molecule has 4 aliphatic heterocycles. The highest BCUT2D eigenvalue weighted by Crippen LogP contribution is 2.28. The summed E-state index contributed by atoms with van der Waals surface area (Å²) in [5, 5.41) is 0.646. The van der Waals surface area contributed by atoms with Crippen LogP contribution in [0, 0.1) is 0 Å². The average molecular weight is 432 g/mol. The predicted molar refractivity (Wildman–Crippen MR) is 112 cm³/mol. The van der Waals surface area contributed by atoms with Gasteiger partial charge in [-0.25, -0.2) is 14.3 Å². The third-order valence-corrected chi connectivity index (χ3v) is 6.29. The number of hydrogen-bond donors (Lipinski definition) is 0. The number of carbonyl (C=O) groups is 2. The molecule has 0 saturated carbocycles. The quantitative estimate of drug-likeness (QED) is 0.650. The smallest absolute Gasteiger partial charge is 0.379 e. The maximum Gasteiger partial charge on any atom is 0.397 e. The Bertz CT molecular complexity index is 958. The van der Waals surface area contributed by atoms with Crippen molar-refractivity contribution in [1.82, 2.24) is 14.7 Å². The molecule has 2 saturated heterocycles. The van der Waals surface area contributed by atoms with E-state index in [1.165, 1.54) is 9.80 Å². The fourth-order valence-electron chi connectivity index (χ4n) is 4.42. The van der Waals surface area contributed by atoms with Gasteiger partial charge in [-0.15, -0.1) is 0 Å². The van der Waals surface area contributed by atoms with E-state index in [1.54, 1.807) is 7.05 Å². The monoisotopic (exact) mass is 431 g/mol. The van der Waals surface area contributed by atoms with Gasteiger partial charge in [0.15, 0.2) is 0 Å². The Morgan fingerprint density at radius 3 is 2.77 bits per heavy atom. The van der Waals surface area contributed by atoms with E-state index in [0.29, 0.717) is 56.2 Å². The number of urea groups is 1. The Kier molecular flexibility index (Phi) is 4.96. The molecule has 4 heterocycles. The molecule has 5 rings (SSSR count). The highest BCUT2D eigenvalue weighted by Gasteiger charge is 2.55. The van der Waals surface area contributed by atoms with Crippen LogP contribution in [0.1, 0.15) is 0 Å². The summed E-state index contributed by atoms with van der Waals surface area (Å²) in [7, 11) is 1.69. The number of ether oxygens (including phenoxy) is 1. The predicted octanol–water partition coefficient (Wildman–Crippen LogP) is 0.535. The maximum atomic E-state index is 13.3. The van der Waals surface area contributed by atoms with Crippen molar-refractivity contribution in [3.05, 3.63) is 29.3 Å². The molecule has 30 heavy (non-hydrogen) atoms. The van der Waals surface area contributed by atoms with Crippen LogP contribution in [0.5, 0.6) is 0 Å². The molecular weight excluding hydrogens is 408 g/mol. The highest BCUT2D eigenvalue weighted by molar-refractivity contribution is 6.31. The normalized spacial score (nSPS) is 24.5. The third kappa shape index (κ3) is 3.17. The fraction of sp³-hybridized carbons (Fsp3) is 0.500. The van der Waals surface area contributed by atoms with Crippen molar-refractivity contribution in [3.8, 4) is 0 Å². The van der Waals surface area contributed by atoms with Gasteiger partial charge in [-0.1, -0.05) is 22.7 Å². The standard InChI is InChI=1S/C20H24ClN6O3/c1-23-17-16(18(28)27(20(23)29)6-5-24-9-11-30-12-10-24)26-8-7-25(19(26)22-17)15-4-2-3-14(21)13-15/h2-4,13,16H,5-12H2,1H3/q+1. The number of amides is 3. The van der Waals surface area contributed by atoms with Crippen molar-refractivity contribution < 1.29 is 18.9 Å². The summed E-state index contributed by atoms with van der Waals surface area (Å²) in [6, 6.07) is 6.69. The first-order chi connectivity index (χ1) is 14.5. The number of morpholine rings is 1. The second-order valence-electron chi connectivity index (χ2n) is 7.78. The summed E-state index contributed by atoms with van der Waals surface area (Å²) in [5.41, 5.74) is 0.925. The number of nitrogens with zero attached hydrogens (tertiary/aromatic N) is 6. The van der Waals surface area contributed by atoms with E-state index in [4.69, 9.17) is 21.3 Å². The Balaban J connectivity index is 1.39. The van der Waals surface area contributed by atoms with Crippen LogP contribution in [0.15, 0.2) is 29.3 Å². The topological polar surface area (TPSA) is 71.7 Å². The number of likely N-dealkylation sites (N-methyl/N-ethyl adjacent to an activating group) is 1. The second-order valence-corrected chi connectivity index (χ2v) is 8.22. The molecule has 9 nitrogen and oxygen atoms in total. The van der Waals surface area contributed by atoms with Gasteiger partial charge in [-0.3, -0.25) is 19.5 Å². The van der Waals surface area contributed by atoms with Crippen molar-refractivity contribution in [2.45, 2.75) is 6.04 Å². The van der Waals surface area contributed by atoms with Crippen molar-refractivity contribution in [2.24, 2.45) is 4.99 Å². The number of rotatable bonds is 4. The molecule has 10 heteroatoms. The van der Waals surface area contributed by atoms with Gasteiger partial charge in [0.1, 0.15) is 12.2 Å². The lowest BCUT2D eigenvalue weighted by molar-refractivity contribution is -0.525. The number of anilines is 1. The van der Waals surface area contributed by atoms with Gasteiger partial charge in [0.25, 0.3) is 5.91 Å². The van der Waals surface area contributed by atoms with Gasteiger partial charge in [0, 0.05) is 38.2 Å². The van der Waals surface area contributed by atoms with Crippen LogP contribution in [-0.2, 0) is 9.53 Å². The zero-order valence-electron chi connectivity index (χ0n) is 16.8. The summed E-state index contributed by atoms with van der Waals surface area (Å²) >= 11 is 6.16. The molecule has 0 bridgehead atoms. The van der Waals surface area contributed by atoms with Crippen LogP contribution >= 0.6 is 11.6 Å². The van der Waals surface area contributed by atoms with E-state index in [9.17, 15) is 9.59 Å². The number of imide groups is 1. The van der Waals surface area contributed by atoms with Crippen LogP contribution in [0.2, 0.25) is 5.02 Å². The molecule has 1 unspecified atom stereocenters. The summed E-state index contributed by atoms with van der Waals surface area (Å²) < 4.78 is 7.36. The lowest BCUT2D eigenvalue weighted by Gasteiger charge is -2.35. The fourth-order valence-corrected chi connectivity index (χ4v) is 4.60.